The molecule has 2 aliphatic rings. The Balaban J connectivity index is 1.38. The highest BCUT2D eigenvalue weighted by Crippen LogP contribution is 2.44. The van der Waals surface area contributed by atoms with Crippen LogP contribution in [0.15, 0.2) is 30.5 Å². The molecule has 0 spiro atoms. The number of aromatic nitrogens is 4. The van der Waals surface area contributed by atoms with Gasteiger partial charge < -0.3 is 19.8 Å². The van der Waals surface area contributed by atoms with Gasteiger partial charge in [0.15, 0.2) is 14.1 Å². The zero-order valence-corrected chi connectivity index (χ0v) is 26.3. The van der Waals surface area contributed by atoms with E-state index in [1.807, 2.05) is 29.9 Å². The van der Waals surface area contributed by atoms with Crippen LogP contribution in [0.25, 0.3) is 11.3 Å². The highest BCUT2D eigenvalue weighted by molar-refractivity contribution is 6.74. The zero-order valence-electron chi connectivity index (χ0n) is 25.3. The normalized spacial score (nSPS) is 19.5. The largest absolute Gasteiger partial charge is 0.416 e. The Morgan fingerprint density at radius 1 is 1.22 bits per heavy atom. The van der Waals surface area contributed by atoms with Gasteiger partial charge in [-0.15, -0.1) is 0 Å². The van der Waals surface area contributed by atoms with E-state index in [9.17, 15) is 5.26 Å². The number of morpholine rings is 1. The molecule has 1 saturated heterocycles. The van der Waals surface area contributed by atoms with Crippen LogP contribution in [0.3, 0.4) is 0 Å². The number of ether oxygens (including phenoxy) is 1. The molecule has 0 amide bonds. The van der Waals surface area contributed by atoms with Crippen LogP contribution in [-0.2, 0) is 28.2 Å². The molecule has 10 nitrogen and oxygen atoms in total. The molecule has 3 aromatic rings. The lowest BCUT2D eigenvalue weighted by molar-refractivity contribution is 0.0331. The molecular formula is C30H42N8O2Si. The first kappa shape index (κ1) is 29.2. The Morgan fingerprint density at radius 3 is 2.68 bits per heavy atom. The third kappa shape index (κ3) is 6.16. The van der Waals surface area contributed by atoms with Crippen LogP contribution >= 0.6 is 0 Å². The summed E-state index contributed by atoms with van der Waals surface area (Å²) < 4.78 is 14.0. The van der Waals surface area contributed by atoms with Crippen molar-refractivity contribution in [2.45, 2.75) is 57.8 Å². The first-order chi connectivity index (χ1) is 19.4. The van der Waals surface area contributed by atoms with Gasteiger partial charge in [-0.25, -0.2) is 9.97 Å². The summed E-state index contributed by atoms with van der Waals surface area (Å²) in [6.07, 6.45) is 1.74. The number of fused-ring (bicyclic) bond motifs is 1. The van der Waals surface area contributed by atoms with Gasteiger partial charge in [0.05, 0.1) is 35.9 Å². The first-order valence-electron chi connectivity index (χ1n) is 14.3. The summed E-state index contributed by atoms with van der Waals surface area (Å²) in [7, 11) is 0.0128. The van der Waals surface area contributed by atoms with Crippen molar-refractivity contribution in [3.8, 4) is 17.3 Å². The number of hydrogen-bond acceptors (Lipinski definition) is 9. The highest BCUT2D eigenvalue weighted by Gasteiger charge is 2.42. The molecule has 1 fully saturated rings. The fourth-order valence-electron chi connectivity index (χ4n) is 5.01. The Bertz CT molecular complexity index is 1450. The van der Waals surface area contributed by atoms with Crippen LogP contribution in [0.5, 0.6) is 0 Å². The van der Waals surface area contributed by atoms with Gasteiger partial charge in [-0.05, 0) is 41.9 Å². The fourth-order valence-corrected chi connectivity index (χ4v) is 6.12. The number of nitrogens with zero attached hydrogens (tertiary/aromatic N) is 6. The quantitative estimate of drug-likeness (QED) is 0.358. The zero-order chi connectivity index (χ0) is 29.4. The van der Waals surface area contributed by atoms with E-state index in [-0.39, 0.29) is 10.5 Å². The number of rotatable bonds is 8. The molecule has 1 aromatic carbocycles. The topological polar surface area (TPSA) is 113 Å². The second-order valence-corrected chi connectivity index (χ2v) is 17.8. The van der Waals surface area contributed by atoms with Gasteiger partial charge in [-0.2, -0.15) is 10.4 Å². The van der Waals surface area contributed by atoms with Crippen LogP contribution in [0.1, 0.15) is 44.5 Å². The van der Waals surface area contributed by atoms with Crippen molar-refractivity contribution in [3.63, 3.8) is 0 Å². The number of hydrogen-bond donors (Lipinski definition) is 2. The number of benzene rings is 1. The maximum Gasteiger partial charge on any atom is 0.228 e. The van der Waals surface area contributed by atoms with Crippen molar-refractivity contribution in [1.82, 2.24) is 24.6 Å². The van der Waals surface area contributed by atoms with Crippen molar-refractivity contribution in [2.24, 2.45) is 7.05 Å². The Hall–Kier alpha value is -3.30. The minimum absolute atomic E-state index is 0.124. The Kier molecular flexibility index (Phi) is 7.96. The average Bonchev–Trinajstić information content (AvgIpc) is 3.46. The van der Waals surface area contributed by atoms with E-state index >= 15 is 0 Å². The molecule has 11 heteroatoms. The maximum absolute atomic E-state index is 10.0. The van der Waals surface area contributed by atoms with E-state index in [4.69, 9.17) is 14.1 Å². The average molecular weight is 575 g/mol. The molecule has 0 radical (unpaired) electrons. The predicted molar refractivity (Wildman–Crippen MR) is 164 cm³/mol. The lowest BCUT2D eigenvalue weighted by Gasteiger charge is -2.39. The van der Waals surface area contributed by atoms with Crippen molar-refractivity contribution < 1.29 is 9.16 Å². The maximum atomic E-state index is 10.0. The third-order valence-corrected chi connectivity index (χ3v) is 13.3. The summed E-state index contributed by atoms with van der Waals surface area (Å²) in [6, 6.07) is 10.4. The molecule has 4 heterocycles. The number of anilines is 3. The molecule has 5 rings (SSSR count). The predicted octanol–water partition coefficient (Wildman–Crippen LogP) is 5.03. The van der Waals surface area contributed by atoms with E-state index < -0.39 is 8.32 Å². The SMILES string of the molecule is Cn1nc(Nc2nccc(-c3cc(C#N)c4c(c3)C(C)(CO[Si](C)(C)C(C)(C)C)CN4)n2)cc1CN1CCOCC1. The summed E-state index contributed by atoms with van der Waals surface area (Å²) in [5.41, 5.74) is 5.06. The summed E-state index contributed by atoms with van der Waals surface area (Å²) in [6.45, 7) is 19.0. The van der Waals surface area contributed by atoms with Gasteiger partial charge >= 0.3 is 0 Å². The van der Waals surface area contributed by atoms with Crippen LogP contribution in [0.4, 0.5) is 17.5 Å². The monoisotopic (exact) mass is 574 g/mol. The summed E-state index contributed by atoms with van der Waals surface area (Å²) in [5.74, 6) is 1.15. The van der Waals surface area contributed by atoms with Crippen LogP contribution in [0, 0.1) is 11.3 Å². The Morgan fingerprint density at radius 2 is 1.98 bits per heavy atom. The second-order valence-electron chi connectivity index (χ2n) is 12.9. The molecule has 0 saturated carbocycles. The molecule has 2 N–H and O–H groups in total. The fraction of sp³-hybridized carbons (Fsp3) is 0.533. The van der Waals surface area contributed by atoms with Crippen molar-refractivity contribution >= 4 is 25.8 Å². The highest BCUT2D eigenvalue weighted by atomic mass is 28.4. The van der Waals surface area contributed by atoms with Crippen LogP contribution in [0.2, 0.25) is 18.1 Å². The minimum Gasteiger partial charge on any atom is -0.416 e. The van der Waals surface area contributed by atoms with E-state index in [2.05, 4.69) is 78.5 Å². The number of nitriles is 1. The van der Waals surface area contributed by atoms with Gasteiger partial charge in [-0.1, -0.05) is 27.7 Å². The van der Waals surface area contributed by atoms with E-state index in [1.165, 1.54) is 0 Å². The molecule has 2 aromatic heterocycles. The standard InChI is InChI=1S/C30H42N8O2Si/c1-29(2,3)41(6,7)40-20-30(4)19-33-27-22(17-31)14-21(15-24(27)30)25-8-9-32-28(34-25)35-26-16-23(37(5)36-26)18-38-10-12-39-13-11-38/h8-9,14-16,33H,10-13,18-20H2,1-7H3,(H,32,34,35,36). The second kappa shape index (κ2) is 11.2. The van der Waals surface area contributed by atoms with E-state index in [1.54, 1.807) is 6.20 Å². The van der Waals surface area contributed by atoms with Crippen LogP contribution in [-0.4, -0.2) is 72.4 Å². The van der Waals surface area contributed by atoms with Crippen molar-refractivity contribution in [2.75, 3.05) is 50.1 Å². The van der Waals surface area contributed by atoms with E-state index in [0.29, 0.717) is 23.9 Å². The summed E-state index contributed by atoms with van der Waals surface area (Å²) in [5, 5.41) is 21.5. The molecule has 41 heavy (non-hydrogen) atoms. The first-order valence-corrected chi connectivity index (χ1v) is 17.2. The molecule has 218 valence electrons. The molecule has 0 aliphatic carbocycles. The number of aryl methyl sites for hydroxylation is 1. The molecular weight excluding hydrogens is 532 g/mol. The number of nitrogens with one attached hydrogen (secondary N) is 2. The van der Waals surface area contributed by atoms with Crippen molar-refractivity contribution in [3.05, 3.63) is 47.3 Å². The smallest absolute Gasteiger partial charge is 0.228 e. The lowest BCUT2D eigenvalue weighted by Crippen LogP contribution is -2.45. The molecule has 0 bridgehead atoms. The van der Waals surface area contributed by atoms with Gasteiger partial charge in [0, 0.05) is 63.1 Å². The minimum atomic E-state index is -1.94. The summed E-state index contributed by atoms with van der Waals surface area (Å²) >= 11 is 0. The van der Waals surface area contributed by atoms with Gasteiger partial charge in [-0.3, -0.25) is 9.58 Å². The van der Waals surface area contributed by atoms with Gasteiger partial charge in [0.25, 0.3) is 0 Å². The molecule has 1 unspecified atom stereocenters. The summed E-state index contributed by atoms with van der Waals surface area (Å²) in [4.78, 5) is 11.6. The molecule has 2 aliphatic heterocycles. The van der Waals surface area contributed by atoms with Crippen molar-refractivity contribution in [1.29, 1.82) is 5.26 Å². The lowest BCUT2D eigenvalue weighted by atomic mass is 9.83. The Labute approximate surface area is 244 Å². The van der Waals surface area contributed by atoms with E-state index in [0.717, 1.165) is 67.6 Å². The third-order valence-electron chi connectivity index (χ3n) is 8.78. The van der Waals surface area contributed by atoms with Gasteiger partial charge in [0.1, 0.15) is 6.07 Å². The van der Waals surface area contributed by atoms with Crippen LogP contribution < -0.4 is 10.6 Å². The van der Waals surface area contributed by atoms with Gasteiger partial charge in [0.2, 0.25) is 5.95 Å². The molecule has 1 atom stereocenters.